The zero-order valence-corrected chi connectivity index (χ0v) is 11.7. The highest BCUT2D eigenvalue weighted by molar-refractivity contribution is 7.10. The van der Waals surface area contributed by atoms with Crippen molar-refractivity contribution in [3.8, 4) is 5.75 Å². The van der Waals surface area contributed by atoms with Gasteiger partial charge < -0.3 is 10.5 Å². The summed E-state index contributed by atoms with van der Waals surface area (Å²) in [5, 5.41) is 2.12. The Labute approximate surface area is 112 Å². The first-order valence-corrected chi connectivity index (χ1v) is 7.12. The van der Waals surface area contributed by atoms with Crippen LogP contribution in [0.15, 0.2) is 35.7 Å². The predicted molar refractivity (Wildman–Crippen MR) is 77.3 cm³/mol. The van der Waals surface area contributed by atoms with E-state index >= 15 is 0 Å². The Morgan fingerprint density at radius 3 is 2.78 bits per heavy atom. The van der Waals surface area contributed by atoms with E-state index in [1.165, 1.54) is 10.4 Å². The summed E-state index contributed by atoms with van der Waals surface area (Å²) in [5.41, 5.74) is 8.55. The van der Waals surface area contributed by atoms with Gasteiger partial charge in [0.25, 0.3) is 0 Å². The van der Waals surface area contributed by atoms with Crippen LogP contribution in [-0.2, 0) is 0 Å². The average Bonchev–Trinajstić information content (AvgIpc) is 2.82. The molecule has 3 heteroatoms. The molecule has 2 aromatic rings. The molecule has 1 heterocycles. The quantitative estimate of drug-likeness (QED) is 0.886. The largest absolute Gasteiger partial charge is 0.494 e. The lowest BCUT2D eigenvalue weighted by atomic mass is 10.0. The van der Waals surface area contributed by atoms with Crippen molar-refractivity contribution >= 4 is 11.3 Å². The standard InChI is InChI=1S/C15H19NOS/c1-3-7-17-14-6-4-5-12(9-14)15(16)13-8-11(2)18-10-13/h4-6,8-10,15H,3,7,16H2,1-2H3. The van der Waals surface area contributed by atoms with Gasteiger partial charge in [-0.1, -0.05) is 19.1 Å². The number of nitrogens with two attached hydrogens (primary N) is 1. The van der Waals surface area contributed by atoms with Crippen LogP contribution in [0.1, 0.15) is 35.4 Å². The zero-order valence-electron chi connectivity index (χ0n) is 10.8. The molecule has 0 aliphatic rings. The number of rotatable bonds is 5. The van der Waals surface area contributed by atoms with Crippen molar-refractivity contribution in [2.45, 2.75) is 26.3 Å². The van der Waals surface area contributed by atoms with Crippen LogP contribution in [0.4, 0.5) is 0 Å². The summed E-state index contributed by atoms with van der Waals surface area (Å²) in [4.78, 5) is 1.29. The van der Waals surface area contributed by atoms with E-state index in [4.69, 9.17) is 10.5 Å². The lowest BCUT2D eigenvalue weighted by Gasteiger charge is -2.12. The van der Waals surface area contributed by atoms with E-state index < -0.39 is 0 Å². The van der Waals surface area contributed by atoms with Gasteiger partial charge >= 0.3 is 0 Å². The van der Waals surface area contributed by atoms with E-state index in [1.54, 1.807) is 11.3 Å². The predicted octanol–water partition coefficient (Wildman–Crippen LogP) is 3.89. The third kappa shape index (κ3) is 3.12. The van der Waals surface area contributed by atoms with Gasteiger partial charge in [0.15, 0.2) is 0 Å². The summed E-state index contributed by atoms with van der Waals surface area (Å²) in [7, 11) is 0. The number of aryl methyl sites for hydroxylation is 1. The second-order valence-corrected chi connectivity index (χ2v) is 5.50. The maximum Gasteiger partial charge on any atom is 0.119 e. The monoisotopic (exact) mass is 261 g/mol. The smallest absolute Gasteiger partial charge is 0.119 e. The number of hydrogen-bond acceptors (Lipinski definition) is 3. The molecule has 2 nitrogen and oxygen atoms in total. The van der Waals surface area contributed by atoms with Crippen LogP contribution < -0.4 is 10.5 Å². The molecule has 0 amide bonds. The third-order valence-electron chi connectivity index (χ3n) is 2.80. The minimum absolute atomic E-state index is 0.0693. The van der Waals surface area contributed by atoms with Crippen molar-refractivity contribution in [2.75, 3.05) is 6.61 Å². The Bertz CT molecular complexity index is 507. The molecule has 2 rings (SSSR count). The topological polar surface area (TPSA) is 35.2 Å². The van der Waals surface area contributed by atoms with Crippen LogP contribution in [0.2, 0.25) is 0 Å². The fraction of sp³-hybridized carbons (Fsp3) is 0.333. The molecule has 0 aliphatic carbocycles. The van der Waals surface area contributed by atoms with Gasteiger partial charge in [0.05, 0.1) is 12.6 Å². The second-order valence-electron chi connectivity index (χ2n) is 4.39. The van der Waals surface area contributed by atoms with Crippen LogP contribution in [0.5, 0.6) is 5.75 Å². The van der Waals surface area contributed by atoms with Crippen molar-refractivity contribution in [1.29, 1.82) is 0 Å². The van der Waals surface area contributed by atoms with Crippen molar-refractivity contribution in [3.05, 3.63) is 51.7 Å². The first kappa shape index (κ1) is 13.1. The summed E-state index contributed by atoms with van der Waals surface area (Å²) >= 11 is 1.73. The fourth-order valence-corrected chi connectivity index (χ4v) is 2.58. The molecule has 0 fully saturated rings. The molecule has 96 valence electrons. The molecule has 0 saturated heterocycles. The minimum atomic E-state index is -0.0693. The highest BCUT2D eigenvalue weighted by Gasteiger charge is 2.11. The van der Waals surface area contributed by atoms with Gasteiger partial charge in [-0.3, -0.25) is 0 Å². The Balaban J connectivity index is 2.17. The molecule has 0 spiro atoms. The molecule has 0 bridgehead atoms. The van der Waals surface area contributed by atoms with E-state index in [1.807, 2.05) is 18.2 Å². The van der Waals surface area contributed by atoms with Gasteiger partial charge in [0.1, 0.15) is 5.75 Å². The molecule has 0 saturated carbocycles. The van der Waals surface area contributed by atoms with Gasteiger partial charge in [0, 0.05) is 4.88 Å². The van der Waals surface area contributed by atoms with Gasteiger partial charge in [-0.25, -0.2) is 0 Å². The summed E-state index contributed by atoms with van der Waals surface area (Å²) in [6.45, 7) is 4.95. The van der Waals surface area contributed by atoms with Gasteiger partial charge in [0.2, 0.25) is 0 Å². The summed E-state index contributed by atoms with van der Waals surface area (Å²) in [6, 6.07) is 10.1. The molecule has 2 N–H and O–H groups in total. The lowest BCUT2D eigenvalue weighted by Crippen LogP contribution is -2.11. The van der Waals surface area contributed by atoms with E-state index in [0.717, 1.165) is 24.3 Å². The SMILES string of the molecule is CCCOc1cccc(C(N)c2csc(C)c2)c1. The highest BCUT2D eigenvalue weighted by atomic mass is 32.1. The first-order valence-electron chi connectivity index (χ1n) is 6.24. The van der Waals surface area contributed by atoms with Gasteiger partial charge in [-0.05, 0) is 48.1 Å². The summed E-state index contributed by atoms with van der Waals surface area (Å²) < 4.78 is 5.63. The Morgan fingerprint density at radius 1 is 1.28 bits per heavy atom. The van der Waals surface area contributed by atoms with Crippen molar-refractivity contribution in [3.63, 3.8) is 0 Å². The van der Waals surface area contributed by atoms with Crippen LogP contribution >= 0.6 is 11.3 Å². The Hall–Kier alpha value is -1.32. The molecule has 1 unspecified atom stereocenters. The number of hydrogen-bond donors (Lipinski definition) is 1. The number of thiophene rings is 1. The normalized spacial score (nSPS) is 12.4. The highest BCUT2D eigenvalue weighted by Crippen LogP contribution is 2.26. The zero-order chi connectivity index (χ0) is 13.0. The molecular weight excluding hydrogens is 242 g/mol. The molecule has 1 atom stereocenters. The van der Waals surface area contributed by atoms with E-state index in [2.05, 4.69) is 31.4 Å². The molecule has 18 heavy (non-hydrogen) atoms. The summed E-state index contributed by atoms with van der Waals surface area (Å²) in [5.74, 6) is 0.900. The van der Waals surface area contributed by atoms with Crippen molar-refractivity contribution < 1.29 is 4.74 Å². The van der Waals surface area contributed by atoms with E-state index in [0.29, 0.717) is 0 Å². The maximum absolute atomic E-state index is 6.28. The first-order chi connectivity index (χ1) is 8.70. The van der Waals surface area contributed by atoms with E-state index in [-0.39, 0.29) is 6.04 Å². The molecule has 1 aromatic carbocycles. The second kappa shape index (κ2) is 6.03. The Morgan fingerprint density at radius 2 is 2.11 bits per heavy atom. The van der Waals surface area contributed by atoms with Crippen LogP contribution in [0.25, 0.3) is 0 Å². The molecule has 0 aliphatic heterocycles. The molecule has 0 radical (unpaired) electrons. The van der Waals surface area contributed by atoms with Crippen LogP contribution in [0.3, 0.4) is 0 Å². The maximum atomic E-state index is 6.28. The third-order valence-corrected chi connectivity index (χ3v) is 3.68. The van der Waals surface area contributed by atoms with Crippen LogP contribution in [-0.4, -0.2) is 6.61 Å². The van der Waals surface area contributed by atoms with E-state index in [9.17, 15) is 0 Å². The number of ether oxygens (including phenoxy) is 1. The Kier molecular flexibility index (Phi) is 4.39. The van der Waals surface area contributed by atoms with Crippen molar-refractivity contribution in [1.82, 2.24) is 0 Å². The van der Waals surface area contributed by atoms with Crippen molar-refractivity contribution in [2.24, 2.45) is 5.73 Å². The lowest BCUT2D eigenvalue weighted by molar-refractivity contribution is 0.317. The van der Waals surface area contributed by atoms with Crippen LogP contribution in [0, 0.1) is 6.92 Å². The number of benzene rings is 1. The van der Waals surface area contributed by atoms with Gasteiger partial charge in [-0.2, -0.15) is 0 Å². The molecular formula is C15H19NOS. The minimum Gasteiger partial charge on any atom is -0.494 e. The molecule has 1 aromatic heterocycles. The van der Waals surface area contributed by atoms with Gasteiger partial charge in [-0.15, -0.1) is 11.3 Å². The average molecular weight is 261 g/mol. The summed E-state index contributed by atoms with van der Waals surface area (Å²) in [6.07, 6.45) is 1.01. The fourth-order valence-electron chi connectivity index (χ4n) is 1.84.